The van der Waals surface area contributed by atoms with Gasteiger partial charge in [-0.05, 0) is 83.6 Å². The van der Waals surface area contributed by atoms with Crippen LogP contribution < -0.4 is 15.5 Å². The van der Waals surface area contributed by atoms with E-state index in [1.54, 1.807) is 28.8 Å². The predicted octanol–water partition coefficient (Wildman–Crippen LogP) is 12.8. The molecule has 0 spiro atoms. The van der Waals surface area contributed by atoms with E-state index < -0.39 is 0 Å². The number of nitrogens with one attached hydrogen (secondary N) is 1. The molecule has 1 N–H and O–H groups in total. The van der Waals surface area contributed by atoms with Crippen LogP contribution in [0.15, 0.2) is 146 Å². The van der Waals surface area contributed by atoms with Gasteiger partial charge in [0.15, 0.2) is 0 Å². The quantitative estimate of drug-likeness (QED) is 0.121. The van der Waals surface area contributed by atoms with Gasteiger partial charge < -0.3 is 9.74 Å². The number of hydrazine groups is 1. The molecular weight excluding hydrogens is 599 g/mol. The molecule has 0 bridgehead atoms. The molecule has 49 heavy (non-hydrogen) atoms. The van der Waals surface area contributed by atoms with Gasteiger partial charge in [-0.3, -0.25) is 5.43 Å². The van der Waals surface area contributed by atoms with Crippen LogP contribution in [0.2, 0.25) is 0 Å². The Bertz CT molecular complexity index is 1690. The first kappa shape index (κ1) is 33.9. The second-order valence-electron chi connectivity index (χ2n) is 13.2. The van der Waals surface area contributed by atoms with Crippen molar-refractivity contribution in [3.8, 4) is 11.1 Å². The molecule has 2 aliphatic rings. The molecule has 1 aliphatic heterocycles. The average Bonchev–Trinajstić information content (AvgIpc) is 3.80. The second-order valence-corrected chi connectivity index (χ2v) is 13.2. The number of fused-ring (bicyclic) bond motifs is 3. The zero-order valence-corrected chi connectivity index (χ0v) is 29.2. The zero-order valence-electron chi connectivity index (χ0n) is 29.2. The van der Waals surface area contributed by atoms with Crippen molar-refractivity contribution < 1.29 is 4.84 Å². The van der Waals surface area contributed by atoms with Crippen LogP contribution in [0.1, 0.15) is 89.2 Å². The SMILES string of the molecule is C1=CON(c2ccccc2)N1.CCCCCCC1(CCCCCC)c2ccccc2-c2ccc(N(c3ccccc3)c3ccccc3)cc21. The van der Waals surface area contributed by atoms with E-state index in [0.717, 1.165) is 5.69 Å². The maximum atomic E-state index is 5.08. The summed E-state index contributed by atoms with van der Waals surface area (Å²) < 4.78 is 0. The summed E-state index contributed by atoms with van der Waals surface area (Å²) in [6, 6.07) is 48.0. The van der Waals surface area contributed by atoms with Gasteiger partial charge in [-0.2, -0.15) is 0 Å². The number of rotatable bonds is 14. The van der Waals surface area contributed by atoms with E-state index in [-0.39, 0.29) is 5.41 Å². The van der Waals surface area contributed by atoms with Crippen molar-refractivity contribution in [3.63, 3.8) is 0 Å². The van der Waals surface area contributed by atoms with E-state index in [1.165, 1.54) is 92.4 Å². The summed E-state index contributed by atoms with van der Waals surface area (Å²) in [4.78, 5) is 7.50. The summed E-state index contributed by atoms with van der Waals surface area (Å²) >= 11 is 0. The van der Waals surface area contributed by atoms with E-state index >= 15 is 0 Å². The summed E-state index contributed by atoms with van der Waals surface area (Å²) in [6.45, 7) is 4.63. The van der Waals surface area contributed by atoms with Crippen LogP contribution >= 0.6 is 0 Å². The largest absolute Gasteiger partial charge is 0.366 e. The molecule has 5 aromatic rings. The number of nitrogens with zero attached hydrogens (tertiary/aromatic N) is 2. The van der Waals surface area contributed by atoms with Crippen LogP contribution in [-0.2, 0) is 10.3 Å². The number of unbranched alkanes of at least 4 members (excludes halogenated alkanes) is 6. The molecule has 0 radical (unpaired) electrons. The predicted molar refractivity (Wildman–Crippen MR) is 207 cm³/mol. The fourth-order valence-corrected chi connectivity index (χ4v) is 7.47. The first-order valence-corrected chi connectivity index (χ1v) is 18.3. The lowest BCUT2D eigenvalue weighted by molar-refractivity contribution is 0.221. The highest BCUT2D eigenvalue weighted by Gasteiger charge is 2.42. The fourth-order valence-electron chi connectivity index (χ4n) is 7.47. The highest BCUT2D eigenvalue weighted by Crippen LogP contribution is 2.55. The monoisotopic (exact) mass is 649 g/mol. The molecule has 0 saturated heterocycles. The van der Waals surface area contributed by atoms with E-state index in [0.29, 0.717) is 0 Å². The van der Waals surface area contributed by atoms with Gasteiger partial charge in [-0.1, -0.05) is 150 Å². The normalized spacial score (nSPS) is 13.5. The van der Waals surface area contributed by atoms with Crippen LogP contribution in [0.3, 0.4) is 0 Å². The summed E-state index contributed by atoms with van der Waals surface area (Å²) in [5.74, 6) is 0. The highest BCUT2D eigenvalue weighted by molar-refractivity contribution is 5.85. The Balaban J connectivity index is 0.000000319. The molecule has 4 heteroatoms. The summed E-state index contributed by atoms with van der Waals surface area (Å²) in [5.41, 5.74) is 13.6. The lowest BCUT2D eigenvalue weighted by atomic mass is 9.70. The van der Waals surface area contributed by atoms with Crippen LogP contribution in [0.4, 0.5) is 22.7 Å². The molecule has 0 fully saturated rings. The molecule has 0 saturated carbocycles. The molecule has 252 valence electrons. The molecule has 7 rings (SSSR count). The first-order valence-electron chi connectivity index (χ1n) is 18.3. The maximum Gasteiger partial charge on any atom is 0.139 e. The molecule has 0 amide bonds. The van der Waals surface area contributed by atoms with Crippen molar-refractivity contribution in [3.05, 3.63) is 157 Å². The van der Waals surface area contributed by atoms with Crippen LogP contribution in [0, 0.1) is 0 Å². The molecule has 1 heterocycles. The number of benzene rings is 5. The van der Waals surface area contributed by atoms with Gasteiger partial charge >= 0.3 is 0 Å². The Labute approximate surface area is 294 Å². The van der Waals surface area contributed by atoms with Crippen molar-refractivity contribution >= 4 is 22.7 Å². The minimum absolute atomic E-state index is 0.0997. The average molecular weight is 650 g/mol. The number of hydrogen-bond acceptors (Lipinski definition) is 4. The lowest BCUT2D eigenvalue weighted by Gasteiger charge is -2.34. The van der Waals surface area contributed by atoms with Gasteiger partial charge in [-0.15, -0.1) is 5.17 Å². The number of hydrogen-bond donors (Lipinski definition) is 1. The van der Waals surface area contributed by atoms with Crippen LogP contribution in [-0.4, -0.2) is 0 Å². The Morgan fingerprint density at radius 1 is 0.551 bits per heavy atom. The van der Waals surface area contributed by atoms with Crippen LogP contribution in [0.25, 0.3) is 11.1 Å². The van der Waals surface area contributed by atoms with Gasteiger partial charge in [0.25, 0.3) is 0 Å². The van der Waals surface area contributed by atoms with Gasteiger partial charge in [0.1, 0.15) is 6.26 Å². The third-order valence-corrected chi connectivity index (χ3v) is 9.87. The van der Waals surface area contributed by atoms with Crippen molar-refractivity contribution in [2.75, 3.05) is 10.1 Å². The van der Waals surface area contributed by atoms with Crippen molar-refractivity contribution in [2.45, 2.75) is 83.5 Å². The third kappa shape index (κ3) is 7.86. The topological polar surface area (TPSA) is 27.7 Å². The van der Waals surface area contributed by atoms with Crippen molar-refractivity contribution in [1.82, 2.24) is 5.43 Å². The van der Waals surface area contributed by atoms with Crippen LogP contribution in [0.5, 0.6) is 0 Å². The van der Waals surface area contributed by atoms with E-state index in [4.69, 9.17) is 4.84 Å². The summed E-state index contributed by atoms with van der Waals surface area (Å²) in [6.07, 6.45) is 16.3. The molecule has 1 aliphatic carbocycles. The third-order valence-electron chi connectivity index (χ3n) is 9.87. The van der Waals surface area contributed by atoms with Crippen molar-refractivity contribution in [2.24, 2.45) is 0 Å². The molecule has 0 unspecified atom stereocenters. The maximum absolute atomic E-state index is 5.08. The van der Waals surface area contributed by atoms with E-state index in [2.05, 4.69) is 127 Å². The van der Waals surface area contributed by atoms with E-state index in [9.17, 15) is 0 Å². The van der Waals surface area contributed by atoms with Gasteiger partial charge in [0, 0.05) is 22.5 Å². The minimum Gasteiger partial charge on any atom is -0.366 e. The molecule has 4 nitrogen and oxygen atoms in total. The Kier molecular flexibility index (Phi) is 11.7. The van der Waals surface area contributed by atoms with Gasteiger partial charge in [0.05, 0.1) is 11.9 Å². The standard InChI is InChI=1S/C37H43N.C8H8N2O/c1-3-5-7-17-27-37(28-18-8-6-4-2)35-24-16-15-23-33(35)34-26-25-32(29-36(34)37)38(30-19-11-9-12-20-30)31-21-13-10-14-22-31;1-2-4-8(5-3-1)10-9-6-7-11-10/h9-16,19-26,29H,3-8,17-18,27-28H2,1-2H3;1-7,9H. The number of para-hydroxylation sites is 3. The first-order chi connectivity index (χ1) is 24.2. The summed E-state index contributed by atoms with van der Waals surface area (Å²) in [5, 5.41) is 1.58. The lowest BCUT2D eigenvalue weighted by Crippen LogP contribution is -2.27. The molecule has 5 aromatic carbocycles. The Morgan fingerprint density at radius 2 is 1.10 bits per heavy atom. The molecular formula is C45H51N3O. The fraction of sp³-hybridized carbons (Fsp3) is 0.289. The van der Waals surface area contributed by atoms with E-state index in [1.807, 2.05) is 30.3 Å². The number of anilines is 4. The molecule has 0 aromatic heterocycles. The Hall–Kier alpha value is -4.96. The Morgan fingerprint density at radius 3 is 1.67 bits per heavy atom. The summed E-state index contributed by atoms with van der Waals surface area (Å²) in [7, 11) is 0. The second kappa shape index (κ2) is 16.9. The smallest absolute Gasteiger partial charge is 0.139 e. The minimum atomic E-state index is 0.0997. The molecule has 0 atom stereocenters. The van der Waals surface area contributed by atoms with Gasteiger partial charge in [-0.25, -0.2) is 0 Å². The van der Waals surface area contributed by atoms with Crippen molar-refractivity contribution in [1.29, 1.82) is 0 Å². The highest BCUT2D eigenvalue weighted by atomic mass is 16.7. The van der Waals surface area contributed by atoms with Gasteiger partial charge in [0.2, 0.25) is 0 Å². The zero-order chi connectivity index (χ0) is 33.7.